The molecule has 3 rings (SSSR count). The van der Waals surface area contributed by atoms with Gasteiger partial charge < -0.3 is 10.4 Å². The van der Waals surface area contributed by atoms with Crippen molar-refractivity contribution in [3.8, 4) is 11.8 Å². The SMILES string of the molecule is CC1(C)CC(C)(C)C1NC(=O)c1cnc(Cl)nc1.N#Cc1ccc(O)cc1Cl. The van der Waals surface area contributed by atoms with Gasteiger partial charge in [-0.3, -0.25) is 4.79 Å². The molecule has 1 amide bonds. The molecule has 148 valence electrons. The third kappa shape index (κ3) is 5.12. The highest BCUT2D eigenvalue weighted by molar-refractivity contribution is 6.31. The summed E-state index contributed by atoms with van der Waals surface area (Å²) in [6, 6.07) is 6.26. The molecular formula is C20H22Cl2N4O2. The first-order valence-corrected chi connectivity index (χ1v) is 9.39. The zero-order valence-corrected chi connectivity index (χ0v) is 17.6. The molecule has 0 radical (unpaired) electrons. The van der Waals surface area contributed by atoms with E-state index in [2.05, 4.69) is 43.0 Å². The largest absolute Gasteiger partial charge is 0.508 e. The lowest BCUT2D eigenvalue weighted by molar-refractivity contribution is -0.0366. The van der Waals surface area contributed by atoms with Crippen molar-refractivity contribution in [1.29, 1.82) is 5.26 Å². The third-order valence-electron chi connectivity index (χ3n) is 4.71. The predicted molar refractivity (Wildman–Crippen MR) is 108 cm³/mol. The minimum Gasteiger partial charge on any atom is -0.508 e. The molecule has 1 fully saturated rings. The molecule has 0 aliphatic heterocycles. The quantitative estimate of drug-likeness (QED) is 0.691. The minimum atomic E-state index is -0.141. The fraction of sp³-hybridized carbons (Fsp3) is 0.400. The molecule has 0 spiro atoms. The lowest BCUT2D eigenvalue weighted by Gasteiger charge is -2.57. The summed E-state index contributed by atoms with van der Waals surface area (Å²) in [5.41, 5.74) is 1.08. The van der Waals surface area contributed by atoms with Crippen LogP contribution in [0.15, 0.2) is 30.6 Å². The standard InChI is InChI=1S/C13H18ClN3O.C7H4ClNO/c1-12(2)7-13(3,4)10(12)17-9(18)8-5-15-11(14)16-6-8;8-7-3-6(10)2-1-5(7)4-9/h5-6,10H,7H2,1-4H3,(H,17,18);1-3,10H. The maximum atomic E-state index is 12.1. The Morgan fingerprint density at radius 3 is 2.25 bits per heavy atom. The van der Waals surface area contributed by atoms with E-state index in [4.69, 9.17) is 33.6 Å². The summed E-state index contributed by atoms with van der Waals surface area (Å²) in [5.74, 6) is -0.0680. The van der Waals surface area contributed by atoms with Gasteiger partial charge in [-0.2, -0.15) is 5.26 Å². The molecule has 2 aromatic rings. The smallest absolute Gasteiger partial charge is 0.254 e. The van der Waals surface area contributed by atoms with Gasteiger partial charge in [-0.05, 0) is 47.1 Å². The highest BCUT2D eigenvalue weighted by Gasteiger charge is 2.53. The number of hydrogen-bond donors (Lipinski definition) is 2. The minimum absolute atomic E-state index is 0.0731. The summed E-state index contributed by atoms with van der Waals surface area (Å²) in [4.78, 5) is 19.7. The van der Waals surface area contributed by atoms with E-state index in [1.165, 1.54) is 30.6 Å². The van der Waals surface area contributed by atoms with E-state index in [0.717, 1.165) is 6.42 Å². The normalized spacial score (nSPS) is 16.8. The second kappa shape index (κ2) is 8.34. The van der Waals surface area contributed by atoms with Crippen molar-refractivity contribution < 1.29 is 9.90 Å². The first kappa shape index (κ1) is 21.9. The Hall–Kier alpha value is -2.36. The number of halogens is 2. The van der Waals surface area contributed by atoms with Crippen LogP contribution in [0.4, 0.5) is 0 Å². The van der Waals surface area contributed by atoms with Crippen molar-refractivity contribution >= 4 is 29.1 Å². The van der Waals surface area contributed by atoms with Crippen molar-refractivity contribution in [2.75, 3.05) is 0 Å². The number of phenols is 1. The van der Waals surface area contributed by atoms with Gasteiger partial charge in [-0.25, -0.2) is 9.97 Å². The monoisotopic (exact) mass is 420 g/mol. The molecule has 1 heterocycles. The van der Waals surface area contributed by atoms with Crippen LogP contribution in [0.1, 0.15) is 50.0 Å². The first-order chi connectivity index (χ1) is 13.0. The fourth-order valence-corrected chi connectivity index (χ4v) is 4.25. The average molecular weight is 421 g/mol. The molecule has 1 aliphatic rings. The molecule has 1 aliphatic carbocycles. The summed E-state index contributed by atoms with van der Waals surface area (Å²) >= 11 is 11.1. The number of amides is 1. The Morgan fingerprint density at radius 1 is 1.21 bits per heavy atom. The van der Waals surface area contributed by atoms with Crippen LogP contribution < -0.4 is 5.32 Å². The summed E-state index contributed by atoms with van der Waals surface area (Å²) in [6.07, 6.45) is 3.99. The van der Waals surface area contributed by atoms with E-state index in [1.54, 1.807) is 0 Å². The summed E-state index contributed by atoms with van der Waals surface area (Å²) in [5, 5.41) is 20.7. The van der Waals surface area contributed by atoms with Crippen molar-refractivity contribution in [3.05, 3.63) is 52.0 Å². The Labute approximate surface area is 174 Å². The number of carbonyl (C=O) groups is 1. The molecular weight excluding hydrogens is 399 g/mol. The highest BCUT2D eigenvalue weighted by Crippen LogP contribution is 2.53. The van der Waals surface area contributed by atoms with Gasteiger partial charge in [-0.1, -0.05) is 39.3 Å². The van der Waals surface area contributed by atoms with E-state index in [0.29, 0.717) is 11.1 Å². The molecule has 0 unspecified atom stereocenters. The third-order valence-corrected chi connectivity index (χ3v) is 5.21. The Morgan fingerprint density at radius 2 is 1.79 bits per heavy atom. The molecule has 1 aromatic carbocycles. The van der Waals surface area contributed by atoms with Gasteiger partial charge in [0, 0.05) is 18.4 Å². The maximum Gasteiger partial charge on any atom is 0.254 e. The van der Waals surface area contributed by atoms with Crippen LogP contribution in [0.5, 0.6) is 5.75 Å². The zero-order valence-electron chi connectivity index (χ0n) is 16.1. The summed E-state index contributed by atoms with van der Waals surface area (Å²) in [6.45, 7) is 8.67. The number of carbonyl (C=O) groups excluding carboxylic acids is 1. The lowest BCUT2D eigenvalue weighted by atomic mass is 9.52. The van der Waals surface area contributed by atoms with Gasteiger partial charge in [-0.15, -0.1) is 0 Å². The second-order valence-electron chi connectivity index (χ2n) is 8.08. The number of phenolic OH excluding ortho intramolecular Hbond substituents is 1. The molecule has 0 bridgehead atoms. The van der Waals surface area contributed by atoms with Crippen LogP contribution in [0.3, 0.4) is 0 Å². The lowest BCUT2D eigenvalue weighted by Crippen LogP contribution is -2.63. The van der Waals surface area contributed by atoms with Gasteiger partial charge in [0.05, 0.1) is 16.1 Å². The topological polar surface area (TPSA) is 98.9 Å². The molecule has 1 saturated carbocycles. The molecule has 0 saturated heterocycles. The van der Waals surface area contributed by atoms with Crippen molar-refractivity contribution in [2.45, 2.75) is 40.2 Å². The van der Waals surface area contributed by atoms with Gasteiger partial charge in [0.25, 0.3) is 5.91 Å². The summed E-state index contributed by atoms with van der Waals surface area (Å²) < 4.78 is 0. The van der Waals surface area contributed by atoms with Crippen LogP contribution in [0.25, 0.3) is 0 Å². The Kier molecular flexibility index (Phi) is 6.53. The molecule has 8 heteroatoms. The van der Waals surface area contributed by atoms with Gasteiger partial charge in [0.15, 0.2) is 0 Å². The average Bonchev–Trinajstić information content (AvgIpc) is 2.60. The number of rotatable bonds is 2. The zero-order chi connectivity index (χ0) is 21.1. The first-order valence-electron chi connectivity index (χ1n) is 8.63. The Bertz CT molecular complexity index is 891. The number of nitrogens with zero attached hydrogens (tertiary/aromatic N) is 3. The molecule has 1 aromatic heterocycles. The van der Waals surface area contributed by atoms with Crippen molar-refractivity contribution in [3.63, 3.8) is 0 Å². The number of aromatic nitrogens is 2. The molecule has 28 heavy (non-hydrogen) atoms. The van der Waals surface area contributed by atoms with Gasteiger partial charge in [0.2, 0.25) is 5.28 Å². The van der Waals surface area contributed by atoms with Crippen molar-refractivity contribution in [2.24, 2.45) is 10.8 Å². The summed E-state index contributed by atoms with van der Waals surface area (Å²) in [7, 11) is 0. The number of benzene rings is 1. The number of hydrogen-bond acceptors (Lipinski definition) is 5. The van der Waals surface area contributed by atoms with Crippen LogP contribution in [0, 0.1) is 22.2 Å². The predicted octanol–water partition coefficient (Wildman–Crippen LogP) is 4.60. The number of nitriles is 1. The van der Waals surface area contributed by atoms with E-state index in [9.17, 15) is 4.79 Å². The Balaban J connectivity index is 0.000000237. The van der Waals surface area contributed by atoms with Gasteiger partial charge >= 0.3 is 0 Å². The second-order valence-corrected chi connectivity index (χ2v) is 8.82. The van der Waals surface area contributed by atoms with E-state index < -0.39 is 0 Å². The van der Waals surface area contributed by atoms with E-state index in [1.807, 2.05) is 6.07 Å². The van der Waals surface area contributed by atoms with Crippen LogP contribution >= 0.6 is 23.2 Å². The number of nitrogens with one attached hydrogen (secondary N) is 1. The van der Waals surface area contributed by atoms with Gasteiger partial charge in [0.1, 0.15) is 11.8 Å². The van der Waals surface area contributed by atoms with Crippen molar-refractivity contribution in [1.82, 2.24) is 15.3 Å². The number of aromatic hydroxyl groups is 1. The highest BCUT2D eigenvalue weighted by atomic mass is 35.5. The fourth-order valence-electron chi connectivity index (χ4n) is 3.93. The van der Waals surface area contributed by atoms with E-state index >= 15 is 0 Å². The van der Waals surface area contributed by atoms with E-state index in [-0.39, 0.29) is 38.8 Å². The maximum absolute atomic E-state index is 12.1. The van der Waals surface area contributed by atoms with Crippen LogP contribution in [-0.4, -0.2) is 27.0 Å². The van der Waals surface area contributed by atoms with Crippen LogP contribution in [0.2, 0.25) is 10.3 Å². The molecule has 6 nitrogen and oxygen atoms in total. The van der Waals surface area contributed by atoms with Crippen LogP contribution in [-0.2, 0) is 0 Å². The molecule has 2 N–H and O–H groups in total. The molecule has 0 atom stereocenters.